The molecule has 5 nitrogen and oxygen atoms in total. The van der Waals surface area contributed by atoms with Gasteiger partial charge in [-0.05, 0) is 22.9 Å². The molecule has 0 spiro atoms. The highest BCUT2D eigenvalue weighted by Gasteiger charge is 2.30. The summed E-state index contributed by atoms with van der Waals surface area (Å²) in [4.78, 5) is 12.3. The van der Waals surface area contributed by atoms with Crippen LogP contribution >= 0.6 is 11.3 Å². The molecule has 124 valence electrons. The Hall–Kier alpha value is -1.70. The van der Waals surface area contributed by atoms with Crippen LogP contribution in [0.2, 0.25) is 0 Å². The van der Waals surface area contributed by atoms with E-state index >= 15 is 0 Å². The average molecular weight is 353 g/mol. The third-order valence-electron chi connectivity index (χ3n) is 3.19. The van der Waals surface area contributed by atoms with E-state index in [-0.39, 0.29) is 16.7 Å². The fourth-order valence-electron chi connectivity index (χ4n) is 1.92. The largest absolute Gasteiger partial charge is 0.460 e. The standard InChI is InChI=1S/C16H19NO4S2/c1-12(2)15(17-23(19,20)14-9-6-10-22-14)16(18)21-11-13-7-4-3-5-8-13/h3-10,12,15,17H,11H2,1-2H3/t15-/m0/s1. The van der Waals surface area contributed by atoms with Crippen LogP contribution in [0.5, 0.6) is 0 Å². The molecule has 1 N–H and O–H groups in total. The minimum absolute atomic E-state index is 0.115. The third-order valence-corrected chi connectivity index (χ3v) is 6.03. The second kappa shape index (κ2) is 7.72. The summed E-state index contributed by atoms with van der Waals surface area (Å²) in [7, 11) is -3.72. The zero-order valence-corrected chi connectivity index (χ0v) is 14.6. The number of carbonyl (C=O) groups excluding carboxylic acids is 1. The van der Waals surface area contributed by atoms with Gasteiger partial charge in [-0.15, -0.1) is 11.3 Å². The number of hydrogen-bond donors (Lipinski definition) is 1. The van der Waals surface area contributed by atoms with Crippen LogP contribution in [0.4, 0.5) is 0 Å². The normalized spacial score (nSPS) is 13.0. The summed E-state index contributed by atoms with van der Waals surface area (Å²) in [6, 6.07) is 11.5. The quantitative estimate of drug-likeness (QED) is 0.777. The van der Waals surface area contributed by atoms with Crippen molar-refractivity contribution in [1.29, 1.82) is 0 Å². The van der Waals surface area contributed by atoms with Crippen molar-refractivity contribution in [2.45, 2.75) is 30.7 Å². The summed E-state index contributed by atoms with van der Waals surface area (Å²) in [5.74, 6) is -0.808. The van der Waals surface area contributed by atoms with Gasteiger partial charge in [0, 0.05) is 0 Å². The van der Waals surface area contributed by atoms with E-state index in [1.54, 1.807) is 25.3 Å². The second-order valence-electron chi connectivity index (χ2n) is 5.37. The molecular weight excluding hydrogens is 334 g/mol. The Morgan fingerprint density at radius 1 is 1.17 bits per heavy atom. The van der Waals surface area contributed by atoms with E-state index in [1.807, 2.05) is 30.3 Å². The number of nitrogens with one attached hydrogen (secondary N) is 1. The molecule has 0 saturated heterocycles. The van der Waals surface area contributed by atoms with E-state index < -0.39 is 22.0 Å². The number of sulfonamides is 1. The summed E-state index contributed by atoms with van der Waals surface area (Å²) in [5.41, 5.74) is 0.851. The van der Waals surface area contributed by atoms with Crippen molar-refractivity contribution in [1.82, 2.24) is 4.72 Å². The first-order valence-corrected chi connectivity index (χ1v) is 9.53. The number of hydrogen-bond acceptors (Lipinski definition) is 5. The maximum absolute atomic E-state index is 12.3. The molecule has 0 unspecified atom stereocenters. The van der Waals surface area contributed by atoms with E-state index in [9.17, 15) is 13.2 Å². The topological polar surface area (TPSA) is 72.5 Å². The molecule has 1 aromatic heterocycles. The Kier molecular flexibility index (Phi) is 5.92. The van der Waals surface area contributed by atoms with Crippen LogP contribution in [0.15, 0.2) is 52.1 Å². The Bertz CT molecular complexity index is 725. The van der Waals surface area contributed by atoms with E-state index in [1.165, 1.54) is 6.07 Å². The molecule has 0 bridgehead atoms. The molecule has 23 heavy (non-hydrogen) atoms. The van der Waals surface area contributed by atoms with Gasteiger partial charge in [-0.2, -0.15) is 4.72 Å². The summed E-state index contributed by atoms with van der Waals surface area (Å²) < 4.78 is 32.4. The van der Waals surface area contributed by atoms with Gasteiger partial charge < -0.3 is 4.74 Å². The molecule has 0 aliphatic carbocycles. The van der Waals surface area contributed by atoms with Gasteiger partial charge in [-0.25, -0.2) is 8.42 Å². The maximum Gasteiger partial charge on any atom is 0.324 e. The minimum Gasteiger partial charge on any atom is -0.460 e. The monoisotopic (exact) mass is 353 g/mol. The molecule has 0 aliphatic heterocycles. The first-order valence-electron chi connectivity index (χ1n) is 7.16. The van der Waals surface area contributed by atoms with Crippen LogP contribution < -0.4 is 4.72 Å². The number of carbonyl (C=O) groups is 1. The summed E-state index contributed by atoms with van der Waals surface area (Å²) in [5, 5.41) is 1.67. The van der Waals surface area contributed by atoms with Gasteiger partial charge in [-0.1, -0.05) is 50.2 Å². The number of ether oxygens (including phenoxy) is 1. The van der Waals surface area contributed by atoms with E-state index in [0.29, 0.717) is 0 Å². The SMILES string of the molecule is CC(C)[C@H](NS(=O)(=O)c1cccs1)C(=O)OCc1ccccc1. The fourth-order valence-corrected chi connectivity index (χ4v) is 4.26. The first kappa shape index (κ1) is 17.7. The van der Waals surface area contributed by atoms with Crippen molar-refractivity contribution >= 4 is 27.3 Å². The Labute approximate surface area is 140 Å². The molecule has 2 rings (SSSR count). The Morgan fingerprint density at radius 3 is 2.43 bits per heavy atom. The van der Waals surface area contributed by atoms with Gasteiger partial charge in [0.2, 0.25) is 0 Å². The molecule has 0 radical (unpaired) electrons. The molecule has 2 aromatic rings. The molecule has 1 atom stereocenters. The lowest BCUT2D eigenvalue weighted by Crippen LogP contribution is -2.45. The summed E-state index contributed by atoms with van der Waals surface area (Å²) in [6.07, 6.45) is 0. The summed E-state index contributed by atoms with van der Waals surface area (Å²) >= 11 is 1.10. The van der Waals surface area contributed by atoms with Gasteiger partial charge in [0.1, 0.15) is 16.9 Å². The maximum atomic E-state index is 12.3. The molecule has 0 fully saturated rings. The lowest BCUT2D eigenvalue weighted by Gasteiger charge is -2.20. The highest BCUT2D eigenvalue weighted by Crippen LogP contribution is 2.18. The third kappa shape index (κ3) is 4.89. The highest BCUT2D eigenvalue weighted by atomic mass is 32.2. The van der Waals surface area contributed by atoms with Crippen LogP contribution in [-0.2, 0) is 26.2 Å². The van der Waals surface area contributed by atoms with Crippen LogP contribution in [-0.4, -0.2) is 20.4 Å². The number of esters is 1. The zero-order valence-electron chi connectivity index (χ0n) is 12.9. The van der Waals surface area contributed by atoms with E-state index in [2.05, 4.69) is 4.72 Å². The number of rotatable bonds is 7. The van der Waals surface area contributed by atoms with Gasteiger partial charge >= 0.3 is 5.97 Å². The second-order valence-corrected chi connectivity index (χ2v) is 8.26. The first-order chi connectivity index (χ1) is 10.9. The van der Waals surface area contributed by atoms with Gasteiger partial charge in [0.15, 0.2) is 0 Å². The lowest BCUT2D eigenvalue weighted by molar-refractivity contribution is -0.148. The van der Waals surface area contributed by atoms with Crippen molar-refractivity contribution in [2.24, 2.45) is 5.92 Å². The zero-order chi connectivity index (χ0) is 16.9. The number of thiophene rings is 1. The van der Waals surface area contributed by atoms with Crippen LogP contribution in [0.1, 0.15) is 19.4 Å². The van der Waals surface area contributed by atoms with Gasteiger partial charge in [0.05, 0.1) is 0 Å². The molecule has 7 heteroatoms. The predicted octanol–water partition coefficient (Wildman–Crippen LogP) is 2.79. The van der Waals surface area contributed by atoms with Crippen molar-refractivity contribution in [3.63, 3.8) is 0 Å². The summed E-state index contributed by atoms with van der Waals surface area (Å²) in [6.45, 7) is 3.65. The van der Waals surface area contributed by atoms with Gasteiger partial charge in [-0.3, -0.25) is 4.79 Å². The molecule has 1 heterocycles. The van der Waals surface area contributed by atoms with Crippen molar-refractivity contribution in [3.05, 3.63) is 53.4 Å². The van der Waals surface area contributed by atoms with Crippen molar-refractivity contribution in [2.75, 3.05) is 0 Å². The van der Waals surface area contributed by atoms with Gasteiger partial charge in [0.25, 0.3) is 10.0 Å². The van der Waals surface area contributed by atoms with E-state index in [4.69, 9.17) is 4.74 Å². The Morgan fingerprint density at radius 2 is 1.87 bits per heavy atom. The predicted molar refractivity (Wildman–Crippen MR) is 89.5 cm³/mol. The van der Waals surface area contributed by atoms with Crippen LogP contribution in [0.3, 0.4) is 0 Å². The number of benzene rings is 1. The molecule has 0 amide bonds. The van der Waals surface area contributed by atoms with Crippen LogP contribution in [0, 0.1) is 5.92 Å². The molecule has 0 aliphatic rings. The highest BCUT2D eigenvalue weighted by molar-refractivity contribution is 7.91. The molecular formula is C16H19NO4S2. The van der Waals surface area contributed by atoms with Crippen LogP contribution in [0.25, 0.3) is 0 Å². The van der Waals surface area contributed by atoms with Crippen molar-refractivity contribution < 1.29 is 17.9 Å². The fraction of sp³-hybridized carbons (Fsp3) is 0.312. The lowest BCUT2D eigenvalue weighted by atomic mass is 10.1. The molecule has 1 aromatic carbocycles. The Balaban J connectivity index is 2.05. The van der Waals surface area contributed by atoms with E-state index in [0.717, 1.165) is 16.9 Å². The smallest absolute Gasteiger partial charge is 0.324 e. The van der Waals surface area contributed by atoms with Crippen molar-refractivity contribution in [3.8, 4) is 0 Å². The molecule has 0 saturated carbocycles. The minimum atomic E-state index is -3.72. The average Bonchev–Trinajstić information content (AvgIpc) is 3.06.